The van der Waals surface area contributed by atoms with E-state index in [2.05, 4.69) is 19.1 Å². The molecule has 2 N–H and O–H groups in total. The molecule has 0 aromatic heterocycles. The number of amides is 1. The molecule has 27 heavy (non-hydrogen) atoms. The predicted molar refractivity (Wildman–Crippen MR) is 101 cm³/mol. The summed E-state index contributed by atoms with van der Waals surface area (Å²) >= 11 is 0. The maximum absolute atomic E-state index is 13.1. The van der Waals surface area contributed by atoms with E-state index in [-0.39, 0.29) is 12.3 Å². The highest BCUT2D eigenvalue weighted by molar-refractivity contribution is 5.76. The first-order valence-corrected chi connectivity index (χ1v) is 9.02. The zero-order valence-corrected chi connectivity index (χ0v) is 15.5. The number of carbonyl (C=O) groups is 1. The van der Waals surface area contributed by atoms with Crippen LogP contribution >= 0.6 is 0 Å². The van der Waals surface area contributed by atoms with E-state index in [4.69, 9.17) is 10.5 Å². The van der Waals surface area contributed by atoms with Crippen molar-refractivity contribution in [2.45, 2.75) is 25.8 Å². The van der Waals surface area contributed by atoms with Crippen molar-refractivity contribution >= 4 is 5.91 Å². The van der Waals surface area contributed by atoms with E-state index in [0.717, 1.165) is 12.1 Å². The number of nitrogens with two attached hydrogens (primary N) is 1. The first kappa shape index (κ1) is 21.0. The Morgan fingerprint density at radius 2 is 1.78 bits per heavy atom. The fourth-order valence-electron chi connectivity index (χ4n) is 2.74. The van der Waals surface area contributed by atoms with Gasteiger partial charge in [0.05, 0.1) is 13.2 Å². The molecule has 1 saturated heterocycles. The minimum absolute atomic E-state index is 0.0246. The number of nitrogens with zero attached hydrogens (tertiary/aromatic N) is 1. The van der Waals surface area contributed by atoms with Gasteiger partial charge in [0.1, 0.15) is 0 Å². The molecule has 0 bridgehead atoms. The Morgan fingerprint density at radius 3 is 2.33 bits per heavy atom. The van der Waals surface area contributed by atoms with Gasteiger partial charge in [-0.25, -0.2) is 8.78 Å². The van der Waals surface area contributed by atoms with E-state index in [9.17, 15) is 13.6 Å². The Bertz CT molecular complexity index is 719. The molecule has 0 saturated carbocycles. The highest BCUT2D eigenvalue weighted by Crippen LogP contribution is 2.12. The van der Waals surface area contributed by atoms with Gasteiger partial charge in [0, 0.05) is 25.6 Å². The largest absolute Gasteiger partial charge is 0.378 e. The molecule has 1 amide bonds. The van der Waals surface area contributed by atoms with Gasteiger partial charge < -0.3 is 15.4 Å². The summed E-state index contributed by atoms with van der Waals surface area (Å²) in [7, 11) is 0. The zero-order valence-electron chi connectivity index (χ0n) is 15.5. The molecule has 1 heterocycles. The van der Waals surface area contributed by atoms with Crippen molar-refractivity contribution in [3.8, 4) is 0 Å². The molecule has 1 unspecified atom stereocenters. The Morgan fingerprint density at radius 1 is 1.11 bits per heavy atom. The normalized spacial score (nSPS) is 14.9. The molecule has 0 aliphatic carbocycles. The Balaban J connectivity index is 0.000000313. The number of aryl methyl sites for hydroxylation is 1. The van der Waals surface area contributed by atoms with Crippen molar-refractivity contribution < 1.29 is 18.3 Å². The zero-order chi connectivity index (χ0) is 19.6. The summed E-state index contributed by atoms with van der Waals surface area (Å²) in [6.45, 7) is 4.34. The van der Waals surface area contributed by atoms with Crippen LogP contribution in [0.25, 0.3) is 0 Å². The Kier molecular flexibility index (Phi) is 8.36. The fraction of sp³-hybridized carbons (Fsp3) is 0.381. The first-order valence-electron chi connectivity index (χ1n) is 9.02. The Labute approximate surface area is 158 Å². The molecule has 1 fully saturated rings. The molecule has 2 aromatic carbocycles. The number of morpholine rings is 1. The molecule has 1 aliphatic heterocycles. The van der Waals surface area contributed by atoms with Gasteiger partial charge in [-0.3, -0.25) is 4.79 Å². The Hall–Kier alpha value is -2.31. The summed E-state index contributed by atoms with van der Waals surface area (Å²) < 4.78 is 31.1. The predicted octanol–water partition coefficient (Wildman–Crippen LogP) is 3.08. The minimum Gasteiger partial charge on any atom is -0.378 e. The van der Waals surface area contributed by atoms with Crippen LogP contribution in [0.5, 0.6) is 0 Å². The fourth-order valence-corrected chi connectivity index (χ4v) is 2.74. The van der Waals surface area contributed by atoms with Crippen LogP contribution in [-0.4, -0.2) is 43.2 Å². The van der Waals surface area contributed by atoms with Gasteiger partial charge in [-0.1, -0.05) is 42.0 Å². The lowest BCUT2D eigenvalue weighted by atomic mass is 10.0. The summed E-state index contributed by atoms with van der Waals surface area (Å²) in [5.74, 6) is -1.80. The lowest BCUT2D eigenvalue weighted by molar-refractivity contribution is -0.135. The summed E-state index contributed by atoms with van der Waals surface area (Å²) in [5, 5.41) is 0. The van der Waals surface area contributed by atoms with Gasteiger partial charge in [-0.05, 0) is 31.0 Å². The van der Waals surface area contributed by atoms with Gasteiger partial charge in [0.15, 0.2) is 11.6 Å². The third-order valence-electron chi connectivity index (χ3n) is 4.22. The number of carbonyl (C=O) groups excluding carboxylic acids is 1. The number of halogens is 2. The maximum Gasteiger partial charge on any atom is 0.224 e. The third kappa shape index (κ3) is 7.45. The molecule has 1 aliphatic rings. The SMILES string of the molecule is Cc1ccccc1.NC(CC(=O)N1CCOCC1)Cc1ccc(F)c(F)c1. The number of hydrogen-bond acceptors (Lipinski definition) is 3. The standard InChI is InChI=1S/C14H18F2N2O2.C7H8/c15-12-2-1-10(8-13(12)16)7-11(17)9-14(19)18-3-5-20-6-4-18;1-7-5-3-2-4-6-7/h1-2,8,11H,3-7,9,17H2;2-6H,1H3. The smallest absolute Gasteiger partial charge is 0.224 e. The van der Waals surface area contributed by atoms with Gasteiger partial charge in [0.2, 0.25) is 5.91 Å². The monoisotopic (exact) mass is 376 g/mol. The molecule has 2 aromatic rings. The average Bonchev–Trinajstić information content (AvgIpc) is 2.66. The number of rotatable bonds is 4. The maximum atomic E-state index is 13.1. The second kappa shape index (κ2) is 10.7. The third-order valence-corrected chi connectivity index (χ3v) is 4.22. The summed E-state index contributed by atoms with van der Waals surface area (Å²) in [6, 6.07) is 13.5. The van der Waals surface area contributed by atoms with Crippen molar-refractivity contribution in [3.63, 3.8) is 0 Å². The first-order chi connectivity index (χ1) is 13.0. The number of ether oxygens (including phenoxy) is 1. The molecule has 0 radical (unpaired) electrons. The molecule has 4 nitrogen and oxygen atoms in total. The van der Waals surface area contributed by atoms with Crippen molar-refractivity contribution in [1.29, 1.82) is 0 Å². The van der Waals surface area contributed by atoms with Gasteiger partial charge in [-0.2, -0.15) is 0 Å². The lowest BCUT2D eigenvalue weighted by Crippen LogP contribution is -2.43. The second-order valence-electron chi connectivity index (χ2n) is 6.56. The van der Waals surface area contributed by atoms with Gasteiger partial charge in [0.25, 0.3) is 0 Å². The van der Waals surface area contributed by atoms with Crippen molar-refractivity contribution in [2.24, 2.45) is 5.73 Å². The van der Waals surface area contributed by atoms with Gasteiger partial charge >= 0.3 is 0 Å². The van der Waals surface area contributed by atoms with Crippen LogP contribution < -0.4 is 5.73 Å². The van der Waals surface area contributed by atoms with Crippen LogP contribution in [0.2, 0.25) is 0 Å². The molecule has 1 atom stereocenters. The van der Waals surface area contributed by atoms with Crippen LogP contribution in [0.4, 0.5) is 8.78 Å². The van der Waals surface area contributed by atoms with E-state index >= 15 is 0 Å². The number of benzene rings is 2. The van der Waals surface area contributed by atoms with E-state index in [1.54, 1.807) is 4.90 Å². The molecule has 3 rings (SSSR count). The van der Waals surface area contributed by atoms with Crippen LogP contribution in [0, 0.1) is 18.6 Å². The van der Waals surface area contributed by atoms with Crippen LogP contribution in [0.3, 0.4) is 0 Å². The van der Waals surface area contributed by atoms with Crippen molar-refractivity contribution in [3.05, 3.63) is 71.3 Å². The molecule has 6 heteroatoms. The van der Waals surface area contributed by atoms with Crippen molar-refractivity contribution in [2.75, 3.05) is 26.3 Å². The number of hydrogen-bond donors (Lipinski definition) is 1. The van der Waals surface area contributed by atoms with Crippen LogP contribution in [0.1, 0.15) is 17.5 Å². The molecular weight excluding hydrogens is 350 g/mol. The topological polar surface area (TPSA) is 55.6 Å². The summed E-state index contributed by atoms with van der Waals surface area (Å²) in [6.07, 6.45) is 0.534. The molecule has 146 valence electrons. The van der Waals surface area contributed by atoms with Crippen LogP contribution in [-0.2, 0) is 16.0 Å². The lowest BCUT2D eigenvalue weighted by Gasteiger charge is -2.27. The quantitative estimate of drug-likeness (QED) is 0.892. The van der Waals surface area contributed by atoms with Crippen LogP contribution in [0.15, 0.2) is 48.5 Å². The molecular formula is C21H26F2N2O2. The minimum atomic E-state index is -0.894. The van der Waals surface area contributed by atoms with Crippen molar-refractivity contribution in [1.82, 2.24) is 4.90 Å². The van der Waals surface area contributed by atoms with E-state index in [1.807, 2.05) is 18.2 Å². The van der Waals surface area contributed by atoms with E-state index < -0.39 is 17.7 Å². The average molecular weight is 376 g/mol. The molecule has 0 spiro atoms. The van der Waals surface area contributed by atoms with Gasteiger partial charge in [-0.15, -0.1) is 0 Å². The van der Waals surface area contributed by atoms with E-state index in [1.165, 1.54) is 11.6 Å². The summed E-state index contributed by atoms with van der Waals surface area (Å²) in [5.41, 5.74) is 7.82. The summed E-state index contributed by atoms with van der Waals surface area (Å²) in [4.78, 5) is 13.7. The highest BCUT2D eigenvalue weighted by atomic mass is 19.2. The second-order valence-corrected chi connectivity index (χ2v) is 6.56. The highest BCUT2D eigenvalue weighted by Gasteiger charge is 2.19. The van der Waals surface area contributed by atoms with E-state index in [0.29, 0.717) is 38.3 Å².